The van der Waals surface area contributed by atoms with Crippen LogP contribution in [0.3, 0.4) is 0 Å². The smallest absolute Gasteiger partial charge is 0.265 e. The molecule has 0 aliphatic heterocycles. The number of primary amides is 1. The van der Waals surface area contributed by atoms with Crippen molar-refractivity contribution in [1.82, 2.24) is 4.98 Å². The van der Waals surface area contributed by atoms with E-state index in [9.17, 15) is 9.59 Å². The van der Waals surface area contributed by atoms with E-state index in [-0.39, 0.29) is 11.3 Å². The molecule has 0 fully saturated rings. The number of nitrogens with one attached hydrogen (secondary N) is 1. The zero-order valence-electron chi connectivity index (χ0n) is 17.4. The fraction of sp³-hybridized carbons (Fsp3) is 0.261. The van der Waals surface area contributed by atoms with Crippen molar-refractivity contribution < 1.29 is 14.3 Å². The maximum atomic E-state index is 12.4. The Morgan fingerprint density at radius 1 is 1.07 bits per heavy atom. The maximum Gasteiger partial charge on any atom is 0.265 e. The van der Waals surface area contributed by atoms with E-state index in [0.29, 0.717) is 17.0 Å². The number of benzene rings is 2. The van der Waals surface area contributed by atoms with Gasteiger partial charge in [0.05, 0.1) is 5.69 Å². The van der Waals surface area contributed by atoms with Crippen LogP contribution >= 0.6 is 11.3 Å². The van der Waals surface area contributed by atoms with Crippen molar-refractivity contribution >= 4 is 28.8 Å². The molecule has 7 heteroatoms. The van der Waals surface area contributed by atoms with Gasteiger partial charge in [-0.25, -0.2) is 4.98 Å². The average molecular weight is 424 g/mol. The number of hydrogen-bond acceptors (Lipinski definition) is 5. The highest BCUT2D eigenvalue weighted by Crippen LogP contribution is 2.30. The summed E-state index contributed by atoms with van der Waals surface area (Å²) in [6.07, 6.45) is -0.695. The van der Waals surface area contributed by atoms with Crippen molar-refractivity contribution in [2.24, 2.45) is 5.73 Å². The number of ether oxygens (including phenoxy) is 1. The van der Waals surface area contributed by atoms with Crippen LogP contribution in [0.1, 0.15) is 43.7 Å². The lowest BCUT2D eigenvalue weighted by Gasteiger charge is -2.15. The van der Waals surface area contributed by atoms with E-state index in [4.69, 9.17) is 15.5 Å². The maximum absolute atomic E-state index is 12.4. The first-order valence-electron chi connectivity index (χ1n) is 9.57. The highest BCUT2D eigenvalue weighted by molar-refractivity contribution is 7.13. The van der Waals surface area contributed by atoms with Gasteiger partial charge in [0.15, 0.2) is 6.10 Å². The summed E-state index contributed by atoms with van der Waals surface area (Å²) < 4.78 is 5.76. The largest absolute Gasteiger partial charge is 0.481 e. The van der Waals surface area contributed by atoms with Gasteiger partial charge in [0.1, 0.15) is 10.8 Å². The zero-order chi connectivity index (χ0) is 21.9. The van der Waals surface area contributed by atoms with Crippen LogP contribution in [0.2, 0.25) is 0 Å². The topological polar surface area (TPSA) is 94.3 Å². The van der Waals surface area contributed by atoms with Crippen LogP contribution in [0.4, 0.5) is 5.69 Å². The van der Waals surface area contributed by atoms with Crippen LogP contribution in [-0.4, -0.2) is 22.9 Å². The number of amides is 2. The number of nitrogens with two attached hydrogens (primary N) is 1. The highest BCUT2D eigenvalue weighted by atomic mass is 32.1. The molecular formula is C23H25N3O3S. The number of anilines is 1. The lowest BCUT2D eigenvalue weighted by atomic mass is 9.93. The molecule has 3 rings (SSSR count). The standard InChI is InChI=1S/C23H25N3O3S/c1-14(21(28)25-17-9-5-15(6-10-17)20(24)27)29-18-11-7-16(8-12-18)22-26-19(13-30-22)23(2,3)4/h5-14H,1-4H3,(H2,24,27)(H,25,28)/t14-/m0/s1. The first-order valence-corrected chi connectivity index (χ1v) is 10.5. The number of nitrogens with zero attached hydrogens (tertiary/aromatic N) is 1. The summed E-state index contributed by atoms with van der Waals surface area (Å²) in [6.45, 7) is 8.10. The van der Waals surface area contributed by atoms with E-state index < -0.39 is 12.0 Å². The van der Waals surface area contributed by atoms with Gasteiger partial charge in [0, 0.05) is 27.6 Å². The SMILES string of the molecule is C[C@H](Oc1ccc(-c2nc(C(C)(C)C)cs2)cc1)C(=O)Nc1ccc(C(N)=O)cc1. The van der Waals surface area contributed by atoms with Gasteiger partial charge in [-0.15, -0.1) is 11.3 Å². The van der Waals surface area contributed by atoms with Crippen LogP contribution in [0.5, 0.6) is 5.75 Å². The zero-order valence-corrected chi connectivity index (χ0v) is 18.2. The number of carbonyl (C=O) groups is 2. The molecule has 2 amide bonds. The number of aromatic nitrogens is 1. The molecule has 0 saturated carbocycles. The van der Waals surface area contributed by atoms with Gasteiger partial charge >= 0.3 is 0 Å². The van der Waals surface area contributed by atoms with Gasteiger partial charge in [0.2, 0.25) is 5.91 Å². The lowest BCUT2D eigenvalue weighted by molar-refractivity contribution is -0.122. The molecule has 156 valence electrons. The molecule has 3 aromatic rings. The minimum absolute atomic E-state index is 0.0146. The van der Waals surface area contributed by atoms with Gasteiger partial charge < -0.3 is 15.8 Å². The van der Waals surface area contributed by atoms with E-state index in [1.54, 1.807) is 42.5 Å². The van der Waals surface area contributed by atoms with Crippen molar-refractivity contribution in [3.63, 3.8) is 0 Å². The van der Waals surface area contributed by atoms with Crippen LogP contribution in [0.25, 0.3) is 10.6 Å². The van der Waals surface area contributed by atoms with Gasteiger partial charge in [-0.3, -0.25) is 9.59 Å². The summed E-state index contributed by atoms with van der Waals surface area (Å²) in [5.74, 6) is -0.209. The quantitative estimate of drug-likeness (QED) is 0.605. The summed E-state index contributed by atoms with van der Waals surface area (Å²) in [4.78, 5) is 28.2. The molecule has 0 saturated heterocycles. The Labute approximate surface area is 180 Å². The van der Waals surface area contributed by atoms with Crippen molar-refractivity contribution in [2.45, 2.75) is 39.2 Å². The average Bonchev–Trinajstić information content (AvgIpc) is 3.19. The van der Waals surface area contributed by atoms with E-state index in [1.165, 1.54) is 0 Å². The number of carbonyl (C=O) groups excluding carboxylic acids is 2. The Morgan fingerprint density at radius 3 is 2.23 bits per heavy atom. The third-order valence-electron chi connectivity index (χ3n) is 4.49. The third-order valence-corrected chi connectivity index (χ3v) is 5.38. The Balaban J connectivity index is 1.61. The molecule has 6 nitrogen and oxygen atoms in total. The van der Waals surface area contributed by atoms with Crippen molar-refractivity contribution in [3.8, 4) is 16.3 Å². The summed E-state index contributed by atoms with van der Waals surface area (Å²) in [6, 6.07) is 13.9. The van der Waals surface area contributed by atoms with E-state index >= 15 is 0 Å². The number of hydrogen-bond donors (Lipinski definition) is 2. The predicted molar refractivity (Wildman–Crippen MR) is 120 cm³/mol. The fourth-order valence-electron chi connectivity index (χ4n) is 2.65. The van der Waals surface area contributed by atoms with Gasteiger partial charge in [-0.1, -0.05) is 20.8 Å². The van der Waals surface area contributed by atoms with Gasteiger partial charge in [-0.05, 0) is 55.5 Å². The van der Waals surface area contributed by atoms with Crippen molar-refractivity contribution in [2.75, 3.05) is 5.32 Å². The van der Waals surface area contributed by atoms with Crippen molar-refractivity contribution in [1.29, 1.82) is 0 Å². The fourth-order valence-corrected chi connectivity index (χ4v) is 3.70. The predicted octanol–water partition coefficient (Wildman–Crippen LogP) is 4.61. The molecular weight excluding hydrogens is 398 g/mol. The second kappa shape index (κ2) is 8.67. The normalized spacial score (nSPS) is 12.3. The molecule has 0 spiro atoms. The molecule has 0 radical (unpaired) electrons. The minimum atomic E-state index is -0.695. The molecule has 0 unspecified atom stereocenters. The van der Waals surface area contributed by atoms with Crippen LogP contribution in [-0.2, 0) is 10.2 Å². The Kier molecular flexibility index (Phi) is 6.22. The van der Waals surface area contributed by atoms with Crippen LogP contribution in [0.15, 0.2) is 53.9 Å². The van der Waals surface area contributed by atoms with Crippen LogP contribution < -0.4 is 15.8 Å². The molecule has 0 bridgehead atoms. The molecule has 1 atom stereocenters. The Bertz CT molecular complexity index is 1030. The number of thiazole rings is 1. The molecule has 1 heterocycles. The second-order valence-electron chi connectivity index (χ2n) is 8.00. The molecule has 0 aliphatic carbocycles. The van der Waals surface area contributed by atoms with Gasteiger partial charge in [-0.2, -0.15) is 0 Å². The molecule has 3 N–H and O–H groups in total. The van der Waals surface area contributed by atoms with Crippen molar-refractivity contribution in [3.05, 3.63) is 65.2 Å². The Morgan fingerprint density at radius 2 is 1.70 bits per heavy atom. The second-order valence-corrected chi connectivity index (χ2v) is 8.86. The third kappa shape index (κ3) is 5.24. The first-order chi connectivity index (χ1) is 14.1. The van der Waals surface area contributed by atoms with Gasteiger partial charge in [0.25, 0.3) is 5.91 Å². The number of rotatable bonds is 6. The summed E-state index contributed by atoms with van der Waals surface area (Å²) in [5.41, 5.74) is 8.25. The Hall–Kier alpha value is -3.19. The minimum Gasteiger partial charge on any atom is -0.481 e. The molecule has 30 heavy (non-hydrogen) atoms. The lowest BCUT2D eigenvalue weighted by Crippen LogP contribution is -2.30. The first kappa shape index (κ1) is 21.5. The molecule has 2 aromatic carbocycles. The van der Waals surface area contributed by atoms with E-state index in [0.717, 1.165) is 16.3 Å². The van der Waals surface area contributed by atoms with Crippen LogP contribution in [0, 0.1) is 0 Å². The summed E-state index contributed by atoms with van der Waals surface area (Å²) in [7, 11) is 0. The summed E-state index contributed by atoms with van der Waals surface area (Å²) >= 11 is 1.61. The van der Waals surface area contributed by atoms with E-state index in [1.807, 2.05) is 24.3 Å². The molecule has 1 aromatic heterocycles. The monoisotopic (exact) mass is 423 g/mol. The van der Waals surface area contributed by atoms with E-state index in [2.05, 4.69) is 31.5 Å². The molecule has 0 aliphatic rings. The highest BCUT2D eigenvalue weighted by Gasteiger charge is 2.18. The summed E-state index contributed by atoms with van der Waals surface area (Å²) in [5, 5.41) is 5.80.